The van der Waals surface area contributed by atoms with Crippen LogP contribution >= 0.6 is 11.3 Å². The Morgan fingerprint density at radius 1 is 0.973 bits per heavy atom. The fourth-order valence-electron chi connectivity index (χ4n) is 4.75. The lowest BCUT2D eigenvalue weighted by Gasteiger charge is -2.36. The largest absolute Gasteiger partial charge is 0.507 e. The van der Waals surface area contributed by atoms with E-state index in [0.29, 0.717) is 60.1 Å². The van der Waals surface area contributed by atoms with Crippen molar-refractivity contribution in [3.8, 4) is 27.6 Å². The second kappa shape index (κ2) is 9.80. The molecule has 0 unspecified atom stereocenters. The predicted octanol–water partition coefficient (Wildman–Crippen LogP) is 5.75. The number of rotatable bonds is 5. The Kier molecular flexibility index (Phi) is 6.20. The van der Waals surface area contributed by atoms with Crippen LogP contribution < -0.4 is 10.5 Å². The fraction of sp³-hybridized carbons (Fsp3) is 0.172. The van der Waals surface area contributed by atoms with Gasteiger partial charge in [0.15, 0.2) is 0 Å². The summed E-state index contributed by atoms with van der Waals surface area (Å²) >= 11 is 1.40. The molecule has 0 bridgehead atoms. The van der Waals surface area contributed by atoms with Crippen LogP contribution in [0.4, 0.5) is 10.1 Å². The zero-order valence-electron chi connectivity index (χ0n) is 19.9. The fourth-order valence-corrected chi connectivity index (χ4v) is 5.58. The number of para-hydroxylation sites is 1. The van der Waals surface area contributed by atoms with Gasteiger partial charge in [-0.3, -0.25) is 4.90 Å². The molecule has 6 rings (SSSR count). The molecular formula is C29H24FN3O3S. The summed E-state index contributed by atoms with van der Waals surface area (Å²) in [5.74, 6) is -0.142. The Balaban J connectivity index is 1.25. The van der Waals surface area contributed by atoms with E-state index in [9.17, 15) is 14.3 Å². The van der Waals surface area contributed by atoms with Crippen molar-refractivity contribution in [3.63, 3.8) is 0 Å². The summed E-state index contributed by atoms with van der Waals surface area (Å²) in [5, 5.41) is 13.9. The molecule has 1 aliphatic heterocycles. The van der Waals surface area contributed by atoms with Gasteiger partial charge in [-0.2, -0.15) is 0 Å². The van der Waals surface area contributed by atoms with Crippen molar-refractivity contribution in [3.05, 3.63) is 100.0 Å². The molecule has 0 amide bonds. The number of anilines is 1. The number of fused-ring (bicyclic) bond motifs is 1. The van der Waals surface area contributed by atoms with Crippen molar-refractivity contribution >= 4 is 28.0 Å². The lowest BCUT2D eigenvalue weighted by atomic mass is 10.1. The molecule has 2 aromatic heterocycles. The van der Waals surface area contributed by atoms with Crippen LogP contribution in [0.15, 0.2) is 87.4 Å². The average molecular weight is 514 g/mol. The first-order valence-corrected chi connectivity index (χ1v) is 13.0. The van der Waals surface area contributed by atoms with Crippen LogP contribution in [0.1, 0.15) is 5.56 Å². The quantitative estimate of drug-likeness (QED) is 0.302. The van der Waals surface area contributed by atoms with Crippen molar-refractivity contribution in [2.75, 3.05) is 31.1 Å². The van der Waals surface area contributed by atoms with Crippen LogP contribution in [-0.4, -0.2) is 41.2 Å². The molecule has 5 aromatic rings. The van der Waals surface area contributed by atoms with E-state index in [-0.39, 0.29) is 11.6 Å². The van der Waals surface area contributed by atoms with Gasteiger partial charge in [0.2, 0.25) is 0 Å². The summed E-state index contributed by atoms with van der Waals surface area (Å²) in [6.07, 6.45) is 0. The summed E-state index contributed by atoms with van der Waals surface area (Å²) in [7, 11) is 0. The summed E-state index contributed by atoms with van der Waals surface area (Å²) in [6.45, 7) is 3.12. The molecule has 0 radical (unpaired) electrons. The van der Waals surface area contributed by atoms with Crippen LogP contribution in [0.5, 0.6) is 5.75 Å². The third kappa shape index (κ3) is 4.61. The zero-order valence-corrected chi connectivity index (χ0v) is 20.7. The van der Waals surface area contributed by atoms with E-state index >= 15 is 0 Å². The maximum absolute atomic E-state index is 14.2. The highest BCUT2D eigenvalue weighted by atomic mass is 32.1. The molecule has 0 spiro atoms. The van der Waals surface area contributed by atoms with Gasteiger partial charge >= 0.3 is 5.63 Å². The van der Waals surface area contributed by atoms with Crippen molar-refractivity contribution in [2.24, 2.45) is 0 Å². The smallest absolute Gasteiger partial charge is 0.346 e. The van der Waals surface area contributed by atoms with Gasteiger partial charge in [0.25, 0.3) is 0 Å². The lowest BCUT2D eigenvalue weighted by molar-refractivity contribution is 0.246. The molecule has 3 heterocycles. The number of thiazole rings is 1. The summed E-state index contributed by atoms with van der Waals surface area (Å²) < 4.78 is 20.0. The zero-order chi connectivity index (χ0) is 25.4. The van der Waals surface area contributed by atoms with Gasteiger partial charge < -0.3 is 14.4 Å². The number of nitrogens with zero attached hydrogens (tertiary/aromatic N) is 3. The molecule has 6 nitrogen and oxygen atoms in total. The third-order valence-electron chi connectivity index (χ3n) is 6.73. The number of phenols is 1. The number of halogens is 1. The predicted molar refractivity (Wildman–Crippen MR) is 145 cm³/mol. The summed E-state index contributed by atoms with van der Waals surface area (Å²) in [6, 6.07) is 21.8. The highest BCUT2D eigenvalue weighted by Crippen LogP contribution is 2.33. The van der Waals surface area contributed by atoms with Gasteiger partial charge in [-0.05, 0) is 30.3 Å². The third-order valence-corrected chi connectivity index (χ3v) is 7.61. The number of aromatic hydroxyl groups is 1. The molecule has 0 aliphatic carbocycles. The molecule has 0 saturated carbocycles. The highest BCUT2D eigenvalue weighted by Gasteiger charge is 2.22. The molecule has 186 valence electrons. The normalized spacial score (nSPS) is 14.4. The molecule has 8 heteroatoms. The van der Waals surface area contributed by atoms with E-state index in [0.717, 1.165) is 16.6 Å². The molecule has 1 saturated heterocycles. The molecule has 37 heavy (non-hydrogen) atoms. The van der Waals surface area contributed by atoms with Crippen molar-refractivity contribution in [2.45, 2.75) is 6.54 Å². The van der Waals surface area contributed by atoms with Gasteiger partial charge in [-0.25, -0.2) is 14.2 Å². The second-order valence-corrected chi connectivity index (χ2v) is 9.91. The van der Waals surface area contributed by atoms with E-state index in [4.69, 9.17) is 4.42 Å². The van der Waals surface area contributed by atoms with Gasteiger partial charge in [-0.1, -0.05) is 42.5 Å². The molecular weight excluding hydrogens is 489 g/mol. The average Bonchev–Trinajstić information content (AvgIpc) is 3.42. The minimum atomic E-state index is -0.488. The molecule has 3 aromatic carbocycles. The first-order chi connectivity index (χ1) is 18.1. The van der Waals surface area contributed by atoms with Crippen LogP contribution in [0.2, 0.25) is 0 Å². The highest BCUT2D eigenvalue weighted by molar-refractivity contribution is 7.13. The monoisotopic (exact) mass is 513 g/mol. The Labute approximate surface area is 216 Å². The minimum Gasteiger partial charge on any atom is -0.507 e. The van der Waals surface area contributed by atoms with Gasteiger partial charge in [0.1, 0.15) is 22.2 Å². The molecule has 1 N–H and O–H groups in total. The number of hydrogen-bond acceptors (Lipinski definition) is 7. The van der Waals surface area contributed by atoms with Gasteiger partial charge in [0.05, 0.1) is 22.5 Å². The van der Waals surface area contributed by atoms with Crippen molar-refractivity contribution in [1.29, 1.82) is 0 Å². The van der Waals surface area contributed by atoms with Crippen LogP contribution in [0.25, 0.3) is 32.8 Å². The Hall–Kier alpha value is -4.01. The maximum Gasteiger partial charge on any atom is 0.346 e. The lowest BCUT2D eigenvalue weighted by Crippen LogP contribution is -2.46. The van der Waals surface area contributed by atoms with Crippen LogP contribution in [-0.2, 0) is 6.54 Å². The maximum atomic E-state index is 14.2. The number of piperazine rings is 1. The standard InChI is InChI=1S/C29H24FN3O3S/c30-23-8-4-5-9-25(23)33-14-12-32(13-15-33)17-22-26(34)11-10-20-16-21(29(35)36-27(20)22)28-31-24(18-37-28)19-6-2-1-3-7-19/h1-11,16,18,34H,12-15,17H2. The van der Waals surface area contributed by atoms with E-state index in [1.54, 1.807) is 30.3 Å². The SMILES string of the molecule is O=c1oc2c(CN3CCN(c4ccccc4F)CC3)c(O)ccc2cc1-c1nc(-c2ccccc2)cs1. The topological polar surface area (TPSA) is 69.8 Å². The van der Waals surface area contributed by atoms with Gasteiger partial charge in [0, 0.05) is 49.1 Å². The summed E-state index contributed by atoms with van der Waals surface area (Å²) in [5.41, 5.74) is 3.26. The minimum absolute atomic E-state index is 0.0838. The first kappa shape index (κ1) is 23.4. The van der Waals surface area contributed by atoms with E-state index in [2.05, 4.69) is 9.88 Å². The second-order valence-electron chi connectivity index (χ2n) is 9.05. The van der Waals surface area contributed by atoms with Crippen molar-refractivity contribution < 1.29 is 13.9 Å². The van der Waals surface area contributed by atoms with Crippen molar-refractivity contribution in [1.82, 2.24) is 9.88 Å². The summed E-state index contributed by atoms with van der Waals surface area (Å²) in [4.78, 5) is 21.9. The number of hydrogen-bond donors (Lipinski definition) is 1. The van der Waals surface area contributed by atoms with Crippen LogP contribution in [0.3, 0.4) is 0 Å². The Bertz CT molecular complexity index is 1630. The van der Waals surface area contributed by atoms with E-state index in [1.165, 1.54) is 17.4 Å². The number of aromatic nitrogens is 1. The first-order valence-electron chi connectivity index (χ1n) is 12.1. The number of benzene rings is 3. The molecule has 1 fully saturated rings. The van der Waals surface area contributed by atoms with E-state index < -0.39 is 5.63 Å². The Morgan fingerprint density at radius 2 is 1.73 bits per heavy atom. The molecule has 1 aliphatic rings. The van der Waals surface area contributed by atoms with E-state index in [1.807, 2.05) is 46.7 Å². The van der Waals surface area contributed by atoms with Gasteiger partial charge in [-0.15, -0.1) is 11.3 Å². The number of phenolic OH excluding ortho intramolecular Hbond substituents is 1. The van der Waals surface area contributed by atoms with Crippen LogP contribution in [0, 0.1) is 5.82 Å². The Morgan fingerprint density at radius 3 is 2.51 bits per heavy atom. The molecule has 0 atom stereocenters.